The van der Waals surface area contributed by atoms with Gasteiger partial charge in [-0.2, -0.15) is 0 Å². The molecule has 0 atom stereocenters. The number of aryl methyl sites for hydroxylation is 1. The fourth-order valence-corrected chi connectivity index (χ4v) is 4.67. The third kappa shape index (κ3) is 3.61. The lowest BCUT2D eigenvalue weighted by Gasteiger charge is -2.31. The van der Waals surface area contributed by atoms with Gasteiger partial charge in [0.2, 0.25) is 0 Å². The summed E-state index contributed by atoms with van der Waals surface area (Å²) in [6.45, 7) is 4.55. The van der Waals surface area contributed by atoms with E-state index in [0.717, 1.165) is 52.6 Å². The summed E-state index contributed by atoms with van der Waals surface area (Å²) in [6, 6.07) is 0. The molecule has 2 aromatic rings. The van der Waals surface area contributed by atoms with Crippen LogP contribution in [0.3, 0.4) is 0 Å². The van der Waals surface area contributed by atoms with Crippen LogP contribution >= 0.6 is 11.8 Å². The number of fused-ring (bicyclic) bond motifs is 1. The Labute approximate surface area is 169 Å². The van der Waals surface area contributed by atoms with Crippen molar-refractivity contribution in [2.45, 2.75) is 19.8 Å². The summed E-state index contributed by atoms with van der Waals surface area (Å²) in [5, 5.41) is 1.01. The highest BCUT2D eigenvalue weighted by molar-refractivity contribution is 8.04. The van der Waals surface area contributed by atoms with Gasteiger partial charge in [-0.1, -0.05) is 6.08 Å². The van der Waals surface area contributed by atoms with Crippen molar-refractivity contribution < 1.29 is 4.79 Å². The second kappa shape index (κ2) is 7.87. The molecule has 2 aliphatic heterocycles. The number of carbonyl (C=O) groups is 1. The Hall–Kier alpha value is -2.48. The molecule has 28 heavy (non-hydrogen) atoms. The monoisotopic (exact) mass is 398 g/mol. The van der Waals surface area contributed by atoms with Gasteiger partial charge >= 0.3 is 0 Å². The number of hydrogen-bond acceptors (Lipinski definition) is 6. The fraction of sp³-hybridized carbons (Fsp3) is 0.450. The van der Waals surface area contributed by atoms with E-state index in [1.54, 1.807) is 18.1 Å². The van der Waals surface area contributed by atoms with Gasteiger partial charge in [0.15, 0.2) is 0 Å². The maximum absolute atomic E-state index is 13.1. The number of allylic oxidation sites excluding steroid dienone is 1. The molecule has 0 saturated heterocycles. The van der Waals surface area contributed by atoms with Crippen molar-refractivity contribution in [1.29, 1.82) is 0 Å². The van der Waals surface area contributed by atoms with Crippen LogP contribution in [0.2, 0.25) is 0 Å². The van der Waals surface area contributed by atoms with Gasteiger partial charge < -0.3 is 19.7 Å². The number of nitrogens with zero attached hydrogens (tertiary/aromatic N) is 5. The topological polar surface area (TPSA) is 68.4 Å². The predicted molar refractivity (Wildman–Crippen MR) is 114 cm³/mol. The first-order valence-corrected chi connectivity index (χ1v) is 10.6. The highest BCUT2D eigenvalue weighted by Gasteiger charge is 2.24. The molecule has 4 rings (SSSR count). The standard InChI is InChI=1S/C20H26N6OS/c1-14-10-21-18-17(14)19(23-13-22-18)26-8-9-28-16(12-26)20(27)25(3)11-15-6-4-5-7-24(15)2/h6,10,12-13H,4-5,7-9,11H2,1-3H3,(H,21,22,23). The van der Waals surface area contributed by atoms with Crippen LogP contribution in [0.15, 0.2) is 35.4 Å². The van der Waals surface area contributed by atoms with E-state index in [1.165, 1.54) is 12.1 Å². The van der Waals surface area contributed by atoms with E-state index in [2.05, 4.69) is 37.9 Å². The van der Waals surface area contributed by atoms with E-state index in [1.807, 2.05) is 31.3 Å². The third-order valence-corrected chi connectivity index (χ3v) is 6.28. The maximum atomic E-state index is 13.1. The number of amides is 1. The minimum absolute atomic E-state index is 0.0608. The first-order valence-electron chi connectivity index (χ1n) is 9.60. The van der Waals surface area contributed by atoms with Gasteiger partial charge in [0, 0.05) is 51.0 Å². The van der Waals surface area contributed by atoms with Gasteiger partial charge in [-0.15, -0.1) is 11.8 Å². The molecule has 0 fully saturated rings. The molecule has 0 saturated carbocycles. The molecule has 1 N–H and O–H groups in total. The third-order valence-electron chi connectivity index (χ3n) is 5.31. The highest BCUT2D eigenvalue weighted by Crippen LogP contribution is 2.31. The van der Waals surface area contributed by atoms with Gasteiger partial charge in [0.25, 0.3) is 5.91 Å². The number of hydrogen-bond donors (Lipinski definition) is 1. The van der Waals surface area contributed by atoms with Crippen molar-refractivity contribution >= 4 is 34.5 Å². The van der Waals surface area contributed by atoms with Crippen LogP contribution < -0.4 is 4.90 Å². The Morgan fingerprint density at radius 1 is 1.36 bits per heavy atom. The highest BCUT2D eigenvalue weighted by atomic mass is 32.2. The number of likely N-dealkylation sites (N-methyl/N-ethyl adjacent to an activating group) is 2. The second-order valence-electron chi connectivity index (χ2n) is 7.35. The zero-order valence-electron chi connectivity index (χ0n) is 16.6. The summed E-state index contributed by atoms with van der Waals surface area (Å²) in [5.74, 6) is 1.76. The van der Waals surface area contributed by atoms with E-state index in [4.69, 9.17) is 0 Å². The van der Waals surface area contributed by atoms with Gasteiger partial charge in [0.05, 0.1) is 16.8 Å². The van der Waals surface area contributed by atoms with Crippen LogP contribution in [0.25, 0.3) is 11.0 Å². The average Bonchev–Trinajstić information content (AvgIpc) is 3.10. The number of carbonyl (C=O) groups excluding carboxylic acids is 1. The lowest BCUT2D eigenvalue weighted by molar-refractivity contribution is -0.124. The average molecular weight is 399 g/mol. The van der Waals surface area contributed by atoms with Crippen molar-refractivity contribution in [3.8, 4) is 0 Å². The smallest absolute Gasteiger partial charge is 0.261 e. The summed E-state index contributed by atoms with van der Waals surface area (Å²) in [7, 11) is 3.98. The summed E-state index contributed by atoms with van der Waals surface area (Å²) in [6.07, 6.45) is 9.97. The molecule has 0 aromatic carbocycles. The Morgan fingerprint density at radius 2 is 2.21 bits per heavy atom. The van der Waals surface area contributed by atoms with Crippen molar-refractivity contribution in [2.24, 2.45) is 0 Å². The minimum Gasteiger partial charge on any atom is -0.377 e. The molecule has 7 nitrogen and oxygen atoms in total. The zero-order valence-corrected chi connectivity index (χ0v) is 17.4. The molecule has 4 heterocycles. The van der Waals surface area contributed by atoms with Crippen molar-refractivity contribution in [2.75, 3.05) is 44.4 Å². The number of rotatable bonds is 4. The SMILES string of the molecule is Cc1c[nH]c2ncnc(N3C=C(C(=O)N(C)CC4=CCCCN4C)SCC3)c12. The minimum atomic E-state index is 0.0608. The molecule has 1 amide bonds. The molecule has 0 unspecified atom stereocenters. The lowest BCUT2D eigenvalue weighted by atomic mass is 10.1. The Kier molecular flexibility index (Phi) is 5.30. The fourth-order valence-electron chi connectivity index (χ4n) is 3.68. The molecule has 0 radical (unpaired) electrons. The molecule has 148 valence electrons. The number of nitrogens with one attached hydrogen (secondary N) is 1. The predicted octanol–water partition coefficient (Wildman–Crippen LogP) is 2.73. The summed E-state index contributed by atoms with van der Waals surface area (Å²) in [5.41, 5.74) is 3.15. The zero-order chi connectivity index (χ0) is 19.7. The van der Waals surface area contributed by atoms with E-state index in [9.17, 15) is 4.79 Å². The normalized spacial score (nSPS) is 17.5. The maximum Gasteiger partial charge on any atom is 0.261 e. The van der Waals surface area contributed by atoms with Crippen LogP contribution in [0, 0.1) is 6.92 Å². The van der Waals surface area contributed by atoms with E-state index in [-0.39, 0.29) is 5.91 Å². The van der Waals surface area contributed by atoms with Crippen molar-refractivity contribution in [3.63, 3.8) is 0 Å². The molecule has 2 aliphatic rings. The van der Waals surface area contributed by atoms with Gasteiger partial charge in [-0.25, -0.2) is 9.97 Å². The summed E-state index contributed by atoms with van der Waals surface area (Å²) in [4.78, 5) is 31.9. The first-order chi connectivity index (χ1) is 13.5. The summed E-state index contributed by atoms with van der Waals surface area (Å²) >= 11 is 1.62. The molecule has 0 bridgehead atoms. The number of aromatic amines is 1. The van der Waals surface area contributed by atoms with Crippen LogP contribution in [0.1, 0.15) is 18.4 Å². The quantitative estimate of drug-likeness (QED) is 0.854. The molecular formula is C20H26N6OS. The van der Waals surface area contributed by atoms with E-state index < -0.39 is 0 Å². The van der Waals surface area contributed by atoms with Crippen molar-refractivity contribution in [3.05, 3.63) is 41.0 Å². The number of H-pyrrole nitrogens is 1. The molecule has 0 spiro atoms. The van der Waals surface area contributed by atoms with Crippen molar-refractivity contribution in [1.82, 2.24) is 24.8 Å². The van der Waals surface area contributed by atoms with E-state index >= 15 is 0 Å². The molecular weight excluding hydrogens is 372 g/mol. The molecule has 8 heteroatoms. The van der Waals surface area contributed by atoms with E-state index in [0.29, 0.717) is 6.54 Å². The Morgan fingerprint density at radius 3 is 3.04 bits per heavy atom. The van der Waals surface area contributed by atoms with Gasteiger partial charge in [0.1, 0.15) is 17.8 Å². The van der Waals surface area contributed by atoms with Gasteiger partial charge in [-0.3, -0.25) is 4.79 Å². The lowest BCUT2D eigenvalue weighted by Crippen LogP contribution is -2.36. The Balaban J connectivity index is 1.56. The van der Waals surface area contributed by atoms with Crippen LogP contribution in [-0.2, 0) is 4.79 Å². The number of thioether (sulfide) groups is 1. The Bertz CT molecular complexity index is 949. The van der Waals surface area contributed by atoms with Crippen LogP contribution in [-0.4, -0.2) is 70.1 Å². The van der Waals surface area contributed by atoms with Crippen LogP contribution in [0.5, 0.6) is 0 Å². The molecule has 0 aliphatic carbocycles. The number of aromatic nitrogens is 3. The largest absolute Gasteiger partial charge is 0.377 e. The summed E-state index contributed by atoms with van der Waals surface area (Å²) < 4.78 is 0. The van der Waals surface area contributed by atoms with Crippen LogP contribution in [0.4, 0.5) is 5.82 Å². The van der Waals surface area contributed by atoms with Gasteiger partial charge in [-0.05, 0) is 25.3 Å². The first kappa shape index (κ1) is 18.9. The number of anilines is 1. The second-order valence-corrected chi connectivity index (χ2v) is 8.48. The molecule has 2 aromatic heterocycles.